The summed E-state index contributed by atoms with van der Waals surface area (Å²) in [5.74, 6) is -0.352. The van der Waals surface area contributed by atoms with E-state index in [1.54, 1.807) is 29.2 Å². The van der Waals surface area contributed by atoms with E-state index in [2.05, 4.69) is 4.90 Å². The Morgan fingerprint density at radius 2 is 1.50 bits per heavy atom. The Balaban J connectivity index is 1.29. The van der Waals surface area contributed by atoms with Gasteiger partial charge in [-0.05, 0) is 45.7 Å². The van der Waals surface area contributed by atoms with Gasteiger partial charge in [-0.2, -0.15) is 0 Å². The molecule has 0 unspecified atom stereocenters. The van der Waals surface area contributed by atoms with Crippen LogP contribution in [0.3, 0.4) is 0 Å². The molecule has 4 rings (SSSR count). The van der Waals surface area contributed by atoms with Gasteiger partial charge in [0.05, 0.1) is 17.2 Å². The standard InChI is InChI=1S/C21H27N3O4/c1-21(2,3)28-20(27)22-10-8-14(9-11-22)23-12-15(13-23)24-18(25)16-6-4-5-7-17(16)19(24)26/h4-7,14-15H,8-13H2,1-3H3. The fourth-order valence-corrected chi connectivity index (χ4v) is 4.23. The number of carbonyl (C=O) groups is 3. The first kappa shape index (κ1) is 18.9. The number of hydrogen-bond acceptors (Lipinski definition) is 5. The third kappa shape index (κ3) is 3.39. The monoisotopic (exact) mass is 385 g/mol. The molecule has 0 N–H and O–H groups in total. The van der Waals surface area contributed by atoms with Gasteiger partial charge in [-0.3, -0.25) is 19.4 Å². The molecule has 3 aliphatic heterocycles. The maximum absolute atomic E-state index is 12.6. The number of fused-ring (bicyclic) bond motifs is 1. The molecule has 1 aromatic carbocycles. The van der Waals surface area contributed by atoms with E-state index in [4.69, 9.17) is 4.74 Å². The minimum atomic E-state index is -0.481. The molecule has 0 atom stereocenters. The number of benzene rings is 1. The zero-order valence-electron chi connectivity index (χ0n) is 16.7. The van der Waals surface area contributed by atoms with E-state index in [1.807, 2.05) is 20.8 Å². The number of likely N-dealkylation sites (tertiary alicyclic amines) is 2. The summed E-state index contributed by atoms with van der Waals surface area (Å²) in [5.41, 5.74) is 0.540. The molecule has 3 aliphatic rings. The van der Waals surface area contributed by atoms with Gasteiger partial charge in [0.15, 0.2) is 0 Å². The molecule has 3 amide bonds. The second kappa shape index (κ2) is 6.88. The van der Waals surface area contributed by atoms with Crippen molar-refractivity contribution in [3.63, 3.8) is 0 Å². The first-order valence-electron chi connectivity index (χ1n) is 9.93. The molecule has 7 heteroatoms. The summed E-state index contributed by atoms with van der Waals surface area (Å²) < 4.78 is 5.44. The lowest BCUT2D eigenvalue weighted by Gasteiger charge is -2.49. The van der Waals surface area contributed by atoms with Gasteiger partial charge in [0.25, 0.3) is 11.8 Å². The molecule has 0 radical (unpaired) electrons. The van der Waals surface area contributed by atoms with Crippen molar-refractivity contribution < 1.29 is 19.1 Å². The van der Waals surface area contributed by atoms with Gasteiger partial charge >= 0.3 is 6.09 Å². The van der Waals surface area contributed by atoms with E-state index >= 15 is 0 Å². The van der Waals surface area contributed by atoms with E-state index in [0.717, 1.165) is 12.8 Å². The van der Waals surface area contributed by atoms with E-state index < -0.39 is 5.60 Å². The van der Waals surface area contributed by atoms with Crippen molar-refractivity contribution in [3.05, 3.63) is 35.4 Å². The molecule has 150 valence electrons. The number of carbonyl (C=O) groups excluding carboxylic acids is 3. The Morgan fingerprint density at radius 1 is 0.964 bits per heavy atom. The van der Waals surface area contributed by atoms with Crippen molar-refractivity contribution in [2.75, 3.05) is 26.2 Å². The molecule has 0 aliphatic carbocycles. The lowest BCUT2D eigenvalue weighted by Crippen LogP contribution is -2.64. The van der Waals surface area contributed by atoms with Crippen molar-refractivity contribution in [3.8, 4) is 0 Å². The Kier molecular flexibility index (Phi) is 4.65. The lowest BCUT2D eigenvalue weighted by molar-refractivity contribution is -0.0126. The van der Waals surface area contributed by atoms with Gasteiger partial charge < -0.3 is 9.64 Å². The molecular formula is C21H27N3O4. The van der Waals surface area contributed by atoms with Gasteiger partial charge in [-0.15, -0.1) is 0 Å². The third-order valence-electron chi connectivity index (χ3n) is 5.71. The summed E-state index contributed by atoms with van der Waals surface area (Å²) >= 11 is 0. The summed E-state index contributed by atoms with van der Waals surface area (Å²) in [6.45, 7) is 8.39. The zero-order chi connectivity index (χ0) is 20.1. The van der Waals surface area contributed by atoms with Crippen LogP contribution in [0.25, 0.3) is 0 Å². The number of imide groups is 1. The fraction of sp³-hybridized carbons (Fsp3) is 0.571. The Morgan fingerprint density at radius 3 is 2.00 bits per heavy atom. The number of ether oxygens (including phenoxy) is 1. The van der Waals surface area contributed by atoms with E-state index in [-0.39, 0.29) is 23.9 Å². The summed E-state index contributed by atoms with van der Waals surface area (Å²) in [7, 11) is 0. The fourth-order valence-electron chi connectivity index (χ4n) is 4.23. The van der Waals surface area contributed by atoms with E-state index in [1.165, 1.54) is 4.90 Å². The predicted octanol–water partition coefficient (Wildman–Crippen LogP) is 2.37. The number of amides is 3. The van der Waals surface area contributed by atoms with Crippen molar-refractivity contribution in [1.82, 2.24) is 14.7 Å². The Labute approximate surface area is 165 Å². The maximum atomic E-state index is 12.6. The first-order valence-corrected chi connectivity index (χ1v) is 9.93. The molecule has 0 saturated carbocycles. The summed E-state index contributed by atoms with van der Waals surface area (Å²) in [4.78, 5) is 42.9. The molecule has 2 saturated heterocycles. The minimum absolute atomic E-state index is 0.0590. The van der Waals surface area contributed by atoms with Crippen LogP contribution in [-0.2, 0) is 4.74 Å². The van der Waals surface area contributed by atoms with Crippen LogP contribution in [0.2, 0.25) is 0 Å². The average Bonchev–Trinajstić information content (AvgIpc) is 2.85. The topological polar surface area (TPSA) is 70.2 Å². The number of hydrogen-bond donors (Lipinski definition) is 0. The normalized spacial score (nSPS) is 21.7. The van der Waals surface area contributed by atoms with Crippen LogP contribution in [0.15, 0.2) is 24.3 Å². The van der Waals surface area contributed by atoms with Crippen LogP contribution in [0.5, 0.6) is 0 Å². The largest absolute Gasteiger partial charge is 0.444 e. The van der Waals surface area contributed by atoms with E-state index in [9.17, 15) is 14.4 Å². The maximum Gasteiger partial charge on any atom is 0.410 e. The number of piperidine rings is 1. The van der Waals surface area contributed by atoms with Crippen molar-refractivity contribution in [2.45, 2.75) is 51.3 Å². The van der Waals surface area contributed by atoms with Gasteiger partial charge in [0.1, 0.15) is 5.60 Å². The summed E-state index contributed by atoms with van der Waals surface area (Å²) in [5, 5.41) is 0. The lowest BCUT2D eigenvalue weighted by atomic mass is 9.97. The second-order valence-electron chi connectivity index (χ2n) is 8.83. The van der Waals surface area contributed by atoms with Gasteiger partial charge in [0, 0.05) is 32.2 Å². The van der Waals surface area contributed by atoms with Crippen LogP contribution < -0.4 is 0 Å². The highest BCUT2D eigenvalue weighted by Crippen LogP contribution is 2.30. The number of rotatable bonds is 2. The summed E-state index contributed by atoms with van der Waals surface area (Å²) in [6, 6.07) is 7.34. The Bertz CT molecular complexity index is 767. The highest BCUT2D eigenvalue weighted by atomic mass is 16.6. The van der Waals surface area contributed by atoms with Gasteiger partial charge in [-0.1, -0.05) is 12.1 Å². The highest BCUT2D eigenvalue weighted by molar-refractivity contribution is 6.21. The highest BCUT2D eigenvalue weighted by Gasteiger charge is 2.46. The SMILES string of the molecule is CC(C)(C)OC(=O)N1CCC(N2CC(N3C(=O)c4ccccc4C3=O)C2)CC1. The zero-order valence-corrected chi connectivity index (χ0v) is 16.7. The van der Waals surface area contributed by atoms with Crippen molar-refractivity contribution in [2.24, 2.45) is 0 Å². The van der Waals surface area contributed by atoms with Gasteiger partial charge in [-0.25, -0.2) is 4.79 Å². The first-order chi connectivity index (χ1) is 13.2. The second-order valence-corrected chi connectivity index (χ2v) is 8.83. The minimum Gasteiger partial charge on any atom is -0.444 e. The Hall–Kier alpha value is -2.41. The van der Waals surface area contributed by atoms with E-state index in [0.29, 0.717) is 43.3 Å². The molecule has 0 aromatic heterocycles. The average molecular weight is 385 g/mol. The molecule has 0 spiro atoms. The molecule has 0 bridgehead atoms. The molecule has 3 heterocycles. The quantitative estimate of drug-likeness (QED) is 0.731. The summed E-state index contributed by atoms with van der Waals surface area (Å²) in [6.07, 6.45) is 1.51. The molecule has 2 fully saturated rings. The van der Waals surface area contributed by atoms with Crippen molar-refractivity contribution >= 4 is 17.9 Å². The van der Waals surface area contributed by atoms with Crippen LogP contribution in [0.4, 0.5) is 4.79 Å². The van der Waals surface area contributed by atoms with Crippen LogP contribution in [0, 0.1) is 0 Å². The molecule has 7 nitrogen and oxygen atoms in total. The van der Waals surface area contributed by atoms with Crippen LogP contribution in [0.1, 0.15) is 54.3 Å². The molecule has 1 aromatic rings. The van der Waals surface area contributed by atoms with Crippen LogP contribution >= 0.6 is 0 Å². The molecular weight excluding hydrogens is 358 g/mol. The van der Waals surface area contributed by atoms with Crippen LogP contribution in [-0.4, -0.2) is 76.5 Å². The van der Waals surface area contributed by atoms with Gasteiger partial charge in [0.2, 0.25) is 0 Å². The molecule has 28 heavy (non-hydrogen) atoms. The smallest absolute Gasteiger partial charge is 0.410 e. The third-order valence-corrected chi connectivity index (χ3v) is 5.71. The number of nitrogens with zero attached hydrogens (tertiary/aromatic N) is 3. The predicted molar refractivity (Wildman–Crippen MR) is 103 cm³/mol. The van der Waals surface area contributed by atoms with Crippen molar-refractivity contribution in [1.29, 1.82) is 0 Å².